The van der Waals surface area contributed by atoms with E-state index in [9.17, 15) is 13.2 Å². The van der Waals surface area contributed by atoms with Crippen LogP contribution in [0.4, 0.5) is 0 Å². The van der Waals surface area contributed by atoms with Crippen LogP contribution in [0.1, 0.15) is 74.9 Å². The van der Waals surface area contributed by atoms with E-state index in [2.05, 4.69) is 46.3 Å². The first-order chi connectivity index (χ1) is 19.0. The van der Waals surface area contributed by atoms with Crippen molar-refractivity contribution in [2.75, 3.05) is 0 Å². The summed E-state index contributed by atoms with van der Waals surface area (Å²) >= 11 is 0. The fourth-order valence-corrected chi connectivity index (χ4v) is 7.66. The predicted octanol–water partition coefficient (Wildman–Crippen LogP) is 6.72. The number of esters is 1. The lowest BCUT2D eigenvalue weighted by atomic mass is 9.55. The third-order valence-corrected chi connectivity index (χ3v) is 11.3. The molecule has 0 spiro atoms. The molecule has 1 heterocycles. The third kappa shape index (κ3) is 5.54. The Morgan fingerprint density at radius 3 is 1.93 bits per heavy atom. The number of sulfonamides is 1. The molecule has 7 heteroatoms. The van der Waals surface area contributed by atoms with E-state index in [0.717, 1.165) is 28.0 Å². The van der Waals surface area contributed by atoms with Gasteiger partial charge in [-0.1, -0.05) is 88.4 Å². The second-order valence-corrected chi connectivity index (χ2v) is 14.4. The van der Waals surface area contributed by atoms with Gasteiger partial charge in [0.15, 0.2) is 0 Å². The molecule has 0 aliphatic carbocycles. The van der Waals surface area contributed by atoms with Gasteiger partial charge < -0.3 is 9.47 Å². The van der Waals surface area contributed by atoms with Crippen molar-refractivity contribution in [1.29, 1.82) is 0 Å². The van der Waals surface area contributed by atoms with Crippen molar-refractivity contribution in [2.45, 2.75) is 97.3 Å². The van der Waals surface area contributed by atoms with E-state index in [4.69, 9.17) is 9.47 Å². The number of fused-ring (bicyclic) bond motifs is 1. The first-order valence-electron chi connectivity index (χ1n) is 14.1. The highest BCUT2D eigenvalue weighted by molar-refractivity contribution is 7.89. The van der Waals surface area contributed by atoms with Gasteiger partial charge in [-0.25, -0.2) is 8.42 Å². The second-order valence-electron chi connectivity index (χ2n) is 12.7. The van der Waals surface area contributed by atoms with Crippen LogP contribution >= 0.6 is 0 Å². The predicted molar refractivity (Wildman–Crippen MR) is 163 cm³/mol. The molecule has 0 saturated heterocycles. The Morgan fingerprint density at radius 2 is 1.37 bits per heavy atom. The number of carbonyl (C=O) groups excluding carboxylic acids is 1. The molecule has 41 heavy (non-hydrogen) atoms. The molecule has 0 unspecified atom stereocenters. The molecule has 220 valence electrons. The summed E-state index contributed by atoms with van der Waals surface area (Å²) in [7, 11) is -4.15. The summed E-state index contributed by atoms with van der Waals surface area (Å²) in [5.41, 5.74) is 3.37. The zero-order chi connectivity index (χ0) is 30.4. The lowest BCUT2D eigenvalue weighted by Gasteiger charge is -2.57. The smallest absolute Gasteiger partial charge is 0.324 e. The van der Waals surface area contributed by atoms with Gasteiger partial charge in [0, 0.05) is 16.4 Å². The Labute approximate surface area is 245 Å². The number of ether oxygens (including phenoxy) is 2. The average molecular weight is 578 g/mol. The molecular formula is C34H43NO5S. The van der Waals surface area contributed by atoms with Crippen molar-refractivity contribution < 1.29 is 22.7 Å². The number of hydrogen-bond acceptors (Lipinski definition) is 5. The Hall–Kier alpha value is -3.16. The minimum Gasteiger partial charge on any atom is -0.487 e. The summed E-state index contributed by atoms with van der Waals surface area (Å²) in [6, 6.07) is 17.6. The van der Waals surface area contributed by atoms with E-state index in [1.54, 1.807) is 6.92 Å². The monoisotopic (exact) mass is 577 g/mol. The van der Waals surface area contributed by atoms with Gasteiger partial charge in [0.1, 0.15) is 24.0 Å². The quantitative estimate of drug-likeness (QED) is 0.301. The van der Waals surface area contributed by atoms with Crippen molar-refractivity contribution in [1.82, 2.24) is 4.72 Å². The van der Waals surface area contributed by atoms with Crippen molar-refractivity contribution >= 4 is 16.0 Å². The maximum absolute atomic E-state index is 14.2. The molecule has 1 aliphatic heterocycles. The minimum absolute atomic E-state index is 0.0547. The van der Waals surface area contributed by atoms with Crippen LogP contribution in [0.15, 0.2) is 65.6 Å². The van der Waals surface area contributed by atoms with E-state index >= 15 is 0 Å². The average Bonchev–Trinajstić information content (AvgIpc) is 2.89. The highest BCUT2D eigenvalue weighted by Gasteiger charge is 2.56. The molecule has 0 fully saturated rings. The van der Waals surface area contributed by atoms with Gasteiger partial charge >= 0.3 is 5.97 Å². The molecule has 1 N–H and O–H groups in total. The zero-order valence-electron chi connectivity index (χ0n) is 25.7. The molecule has 3 aromatic carbocycles. The van der Waals surface area contributed by atoms with Crippen molar-refractivity contribution in [3.63, 3.8) is 0 Å². The molecule has 0 amide bonds. The number of carbonyl (C=O) groups is 1. The summed E-state index contributed by atoms with van der Waals surface area (Å²) in [4.78, 5) is 13.6. The van der Waals surface area contributed by atoms with E-state index in [-0.39, 0.29) is 23.3 Å². The van der Waals surface area contributed by atoms with Gasteiger partial charge in [-0.05, 0) is 68.9 Å². The molecule has 0 radical (unpaired) electrons. The maximum atomic E-state index is 14.2. The minimum atomic E-state index is -4.15. The SMILES string of the molecule is Cc1c(C)c(S(=O)(=O)N[C@@H](Cc2ccccc2)C(=O)OCc2ccccc2)c(C)c2c1OC(C)(C)C(C)(C)C2(C)C. The molecular weight excluding hydrogens is 534 g/mol. The molecule has 0 aromatic heterocycles. The Balaban J connectivity index is 1.77. The van der Waals surface area contributed by atoms with Crippen molar-refractivity contribution in [3.05, 3.63) is 94.0 Å². The Kier molecular flexibility index (Phi) is 8.20. The molecule has 1 atom stereocenters. The number of rotatable bonds is 8. The topological polar surface area (TPSA) is 81.7 Å². The summed E-state index contributed by atoms with van der Waals surface area (Å²) < 4.78 is 43.4. The molecule has 0 bridgehead atoms. The largest absolute Gasteiger partial charge is 0.487 e. The van der Waals surface area contributed by atoms with Gasteiger partial charge in [0.25, 0.3) is 0 Å². The summed E-state index contributed by atoms with van der Waals surface area (Å²) in [5, 5.41) is 0. The van der Waals surface area contributed by atoms with E-state index < -0.39 is 33.1 Å². The Morgan fingerprint density at radius 1 is 0.829 bits per heavy atom. The number of nitrogens with one attached hydrogen (secondary N) is 1. The zero-order valence-corrected chi connectivity index (χ0v) is 26.5. The van der Waals surface area contributed by atoms with Crippen LogP contribution in [0.2, 0.25) is 0 Å². The van der Waals surface area contributed by atoms with E-state index in [1.165, 1.54) is 0 Å². The van der Waals surface area contributed by atoms with Crippen LogP contribution in [0.5, 0.6) is 5.75 Å². The van der Waals surface area contributed by atoms with Crippen LogP contribution < -0.4 is 9.46 Å². The van der Waals surface area contributed by atoms with Crippen molar-refractivity contribution in [2.24, 2.45) is 5.41 Å². The first kappa shape index (κ1) is 30.8. The fourth-order valence-electron chi connectivity index (χ4n) is 5.92. The van der Waals surface area contributed by atoms with Crippen LogP contribution in [0.3, 0.4) is 0 Å². The molecule has 1 aliphatic rings. The van der Waals surface area contributed by atoms with Crippen LogP contribution in [0.25, 0.3) is 0 Å². The first-order valence-corrected chi connectivity index (χ1v) is 15.6. The number of benzene rings is 3. The standard InChI is InChI=1S/C34H43NO5S/c1-22-23(2)30(24(3)28-29(22)40-34(8,9)33(6,7)32(28,4)5)41(37,38)35-27(20-25-16-12-10-13-17-25)31(36)39-21-26-18-14-11-15-19-26/h10-19,27,35H,20-21H2,1-9H3/t27-/m0/s1. The summed E-state index contributed by atoms with van der Waals surface area (Å²) in [5.74, 6) is 0.120. The lowest BCUT2D eigenvalue weighted by Crippen LogP contribution is -2.58. The second kappa shape index (κ2) is 10.9. The van der Waals surface area contributed by atoms with Gasteiger partial charge in [0.05, 0.1) is 4.90 Å². The maximum Gasteiger partial charge on any atom is 0.324 e. The number of hydrogen-bond donors (Lipinski definition) is 1. The van der Waals surface area contributed by atoms with Gasteiger partial charge in [-0.3, -0.25) is 4.79 Å². The normalized spacial score (nSPS) is 17.7. The van der Waals surface area contributed by atoms with E-state index in [1.807, 2.05) is 74.5 Å². The molecule has 4 rings (SSSR count). The Bertz CT molecular complexity index is 1540. The summed E-state index contributed by atoms with van der Waals surface area (Å²) in [6.45, 7) is 18.4. The van der Waals surface area contributed by atoms with Crippen LogP contribution in [0, 0.1) is 26.2 Å². The third-order valence-electron chi connectivity index (χ3n) is 9.59. The molecule has 0 saturated carbocycles. The highest BCUT2D eigenvalue weighted by Crippen LogP contribution is 2.59. The lowest BCUT2D eigenvalue weighted by molar-refractivity contribution is -0.147. The van der Waals surface area contributed by atoms with Crippen LogP contribution in [-0.4, -0.2) is 26.0 Å². The van der Waals surface area contributed by atoms with E-state index in [0.29, 0.717) is 11.1 Å². The van der Waals surface area contributed by atoms with Gasteiger partial charge in [-0.2, -0.15) is 4.72 Å². The van der Waals surface area contributed by atoms with Crippen LogP contribution in [-0.2, 0) is 38.0 Å². The molecule has 3 aromatic rings. The fraction of sp³-hybridized carbons (Fsp3) is 0.441. The van der Waals surface area contributed by atoms with Gasteiger partial charge in [0.2, 0.25) is 10.0 Å². The van der Waals surface area contributed by atoms with Gasteiger partial charge in [-0.15, -0.1) is 0 Å². The molecule has 6 nitrogen and oxygen atoms in total. The summed E-state index contributed by atoms with van der Waals surface area (Å²) in [6.07, 6.45) is 0.158. The van der Waals surface area contributed by atoms with Crippen molar-refractivity contribution in [3.8, 4) is 5.75 Å². The highest BCUT2D eigenvalue weighted by atomic mass is 32.2.